The summed E-state index contributed by atoms with van der Waals surface area (Å²) in [6.45, 7) is 5.03. The molecule has 1 aliphatic rings. The maximum atomic E-state index is 12.1. The molecule has 0 aromatic heterocycles. The molecule has 0 spiro atoms. The molecular weight excluding hydrogens is 264 g/mol. The van der Waals surface area contributed by atoms with E-state index in [0.29, 0.717) is 18.9 Å². The van der Waals surface area contributed by atoms with Crippen molar-refractivity contribution in [3.63, 3.8) is 0 Å². The zero-order valence-corrected chi connectivity index (χ0v) is 13.0. The number of carbonyl (C=O) groups excluding carboxylic acids is 1. The summed E-state index contributed by atoms with van der Waals surface area (Å²) in [6.07, 6.45) is 4.10. The molecule has 0 radical (unpaired) electrons. The van der Waals surface area contributed by atoms with Gasteiger partial charge in [-0.05, 0) is 38.2 Å². The highest BCUT2D eigenvalue weighted by Crippen LogP contribution is 2.30. The zero-order chi connectivity index (χ0) is 15.3. The summed E-state index contributed by atoms with van der Waals surface area (Å²) in [5, 5.41) is 2.92. The van der Waals surface area contributed by atoms with Gasteiger partial charge in [0.15, 0.2) is 0 Å². The third-order valence-corrected chi connectivity index (χ3v) is 3.87. The molecule has 2 rings (SSSR count). The summed E-state index contributed by atoms with van der Waals surface area (Å²) in [4.78, 5) is 12.1. The van der Waals surface area contributed by atoms with E-state index in [1.54, 1.807) is 6.92 Å². The topological polar surface area (TPSA) is 64.4 Å². The van der Waals surface area contributed by atoms with Gasteiger partial charge in [-0.25, -0.2) is 0 Å². The van der Waals surface area contributed by atoms with Crippen LogP contribution in [0.3, 0.4) is 0 Å². The van der Waals surface area contributed by atoms with Crippen LogP contribution in [0.4, 0.5) is 0 Å². The Bertz CT molecular complexity index is 481. The van der Waals surface area contributed by atoms with Crippen molar-refractivity contribution in [1.29, 1.82) is 0 Å². The molecular formula is C17H26N2O2. The predicted molar refractivity (Wildman–Crippen MR) is 84.0 cm³/mol. The highest BCUT2D eigenvalue weighted by atomic mass is 16.5. The molecule has 21 heavy (non-hydrogen) atoms. The Balaban J connectivity index is 1.91. The van der Waals surface area contributed by atoms with Crippen molar-refractivity contribution in [2.24, 2.45) is 11.7 Å². The third-order valence-electron chi connectivity index (χ3n) is 3.87. The van der Waals surface area contributed by atoms with Crippen LogP contribution < -0.4 is 15.8 Å². The minimum atomic E-state index is -0.807. The second-order valence-electron chi connectivity index (χ2n) is 6.21. The molecule has 0 saturated heterocycles. The van der Waals surface area contributed by atoms with Crippen LogP contribution in [0.25, 0.3) is 0 Å². The Morgan fingerprint density at radius 2 is 2.14 bits per heavy atom. The number of para-hydroxylation sites is 1. The van der Waals surface area contributed by atoms with Gasteiger partial charge in [0.2, 0.25) is 5.91 Å². The lowest BCUT2D eigenvalue weighted by Gasteiger charge is -2.23. The molecule has 1 aliphatic carbocycles. The first kappa shape index (κ1) is 15.8. The first-order chi connectivity index (χ1) is 10.0. The smallest absolute Gasteiger partial charge is 0.240 e. The van der Waals surface area contributed by atoms with Crippen LogP contribution in [-0.2, 0) is 11.3 Å². The van der Waals surface area contributed by atoms with E-state index < -0.39 is 5.54 Å². The van der Waals surface area contributed by atoms with Gasteiger partial charge >= 0.3 is 0 Å². The molecule has 1 saturated carbocycles. The molecule has 1 amide bonds. The SMILES string of the molecule is CCCC(C)(N)C(=O)NCc1ccccc1OCC1CC1. The van der Waals surface area contributed by atoms with Gasteiger partial charge in [0, 0.05) is 12.1 Å². The van der Waals surface area contributed by atoms with Gasteiger partial charge in [0.05, 0.1) is 12.1 Å². The van der Waals surface area contributed by atoms with E-state index >= 15 is 0 Å². The second-order valence-corrected chi connectivity index (χ2v) is 6.21. The summed E-state index contributed by atoms with van der Waals surface area (Å²) in [5.41, 5.74) is 6.23. The van der Waals surface area contributed by atoms with Crippen molar-refractivity contribution >= 4 is 5.91 Å². The van der Waals surface area contributed by atoms with Crippen molar-refractivity contribution in [1.82, 2.24) is 5.32 Å². The summed E-state index contributed by atoms with van der Waals surface area (Å²) in [7, 11) is 0. The number of ether oxygens (including phenoxy) is 1. The van der Waals surface area contributed by atoms with Gasteiger partial charge in [0.25, 0.3) is 0 Å². The number of rotatable bonds is 8. The lowest BCUT2D eigenvalue weighted by Crippen LogP contribution is -2.51. The van der Waals surface area contributed by atoms with E-state index in [1.165, 1.54) is 12.8 Å². The molecule has 4 heteroatoms. The molecule has 1 aromatic rings. The zero-order valence-electron chi connectivity index (χ0n) is 13.0. The third kappa shape index (κ3) is 4.74. The van der Waals surface area contributed by atoms with E-state index in [9.17, 15) is 4.79 Å². The average Bonchev–Trinajstić information content (AvgIpc) is 3.27. The molecule has 1 aromatic carbocycles. The Labute approximate surface area is 127 Å². The molecule has 1 atom stereocenters. The van der Waals surface area contributed by atoms with Gasteiger partial charge in [-0.1, -0.05) is 31.5 Å². The van der Waals surface area contributed by atoms with Crippen molar-refractivity contribution in [3.05, 3.63) is 29.8 Å². The van der Waals surface area contributed by atoms with Gasteiger partial charge in [-0.2, -0.15) is 0 Å². The van der Waals surface area contributed by atoms with Crippen molar-refractivity contribution in [2.45, 2.75) is 51.6 Å². The van der Waals surface area contributed by atoms with Crippen molar-refractivity contribution < 1.29 is 9.53 Å². The molecule has 1 unspecified atom stereocenters. The van der Waals surface area contributed by atoms with Gasteiger partial charge in [-0.3, -0.25) is 4.79 Å². The predicted octanol–water partition coefficient (Wildman–Crippen LogP) is 2.61. The fraction of sp³-hybridized carbons (Fsp3) is 0.588. The second kappa shape index (κ2) is 6.94. The van der Waals surface area contributed by atoms with Crippen LogP contribution in [0.2, 0.25) is 0 Å². The van der Waals surface area contributed by atoms with Crippen molar-refractivity contribution in [2.75, 3.05) is 6.61 Å². The largest absolute Gasteiger partial charge is 0.493 e. The molecule has 3 N–H and O–H groups in total. The molecule has 0 aliphatic heterocycles. The maximum absolute atomic E-state index is 12.1. The van der Waals surface area contributed by atoms with E-state index in [0.717, 1.165) is 24.3 Å². The highest BCUT2D eigenvalue weighted by molar-refractivity contribution is 5.85. The van der Waals surface area contributed by atoms with E-state index in [1.807, 2.05) is 31.2 Å². The van der Waals surface area contributed by atoms with Crippen LogP contribution in [0.1, 0.15) is 45.1 Å². The number of amides is 1. The highest BCUT2D eigenvalue weighted by Gasteiger charge is 2.27. The fourth-order valence-electron chi connectivity index (χ4n) is 2.29. The number of hydrogen-bond acceptors (Lipinski definition) is 3. The van der Waals surface area contributed by atoms with Crippen LogP contribution in [0.5, 0.6) is 5.75 Å². The normalized spacial score (nSPS) is 17.1. The lowest BCUT2D eigenvalue weighted by molar-refractivity contribution is -0.126. The van der Waals surface area contributed by atoms with Gasteiger partial charge in [0.1, 0.15) is 5.75 Å². The van der Waals surface area contributed by atoms with Crippen molar-refractivity contribution in [3.8, 4) is 5.75 Å². The van der Waals surface area contributed by atoms with E-state index in [2.05, 4.69) is 5.32 Å². The molecule has 4 nitrogen and oxygen atoms in total. The monoisotopic (exact) mass is 290 g/mol. The van der Waals surface area contributed by atoms with Crippen LogP contribution in [0.15, 0.2) is 24.3 Å². The van der Waals surface area contributed by atoms with Gasteiger partial charge < -0.3 is 15.8 Å². The van der Waals surface area contributed by atoms with Crippen LogP contribution in [-0.4, -0.2) is 18.1 Å². The quantitative estimate of drug-likeness (QED) is 0.773. The maximum Gasteiger partial charge on any atom is 0.240 e. The summed E-state index contributed by atoms with van der Waals surface area (Å²) in [6, 6.07) is 7.85. The Morgan fingerprint density at radius 3 is 2.81 bits per heavy atom. The average molecular weight is 290 g/mol. The fourth-order valence-corrected chi connectivity index (χ4v) is 2.29. The minimum Gasteiger partial charge on any atom is -0.493 e. The summed E-state index contributed by atoms with van der Waals surface area (Å²) in [5.74, 6) is 1.46. The minimum absolute atomic E-state index is 0.110. The number of nitrogens with one attached hydrogen (secondary N) is 1. The molecule has 0 heterocycles. The first-order valence-electron chi connectivity index (χ1n) is 7.81. The Kier molecular flexibility index (Phi) is 5.23. The lowest BCUT2D eigenvalue weighted by atomic mass is 9.96. The number of carbonyl (C=O) groups is 1. The summed E-state index contributed by atoms with van der Waals surface area (Å²) >= 11 is 0. The van der Waals surface area contributed by atoms with E-state index in [4.69, 9.17) is 10.5 Å². The number of hydrogen-bond donors (Lipinski definition) is 2. The molecule has 1 fully saturated rings. The van der Waals surface area contributed by atoms with Gasteiger partial charge in [-0.15, -0.1) is 0 Å². The Hall–Kier alpha value is -1.55. The standard InChI is InChI=1S/C17H26N2O2/c1-3-10-17(2,18)16(20)19-11-14-6-4-5-7-15(14)21-12-13-8-9-13/h4-7,13H,3,8-12,18H2,1-2H3,(H,19,20). The van der Waals surface area contributed by atoms with Crippen LogP contribution >= 0.6 is 0 Å². The number of nitrogens with two attached hydrogens (primary N) is 1. The van der Waals surface area contributed by atoms with E-state index in [-0.39, 0.29) is 5.91 Å². The summed E-state index contributed by atoms with van der Waals surface area (Å²) < 4.78 is 5.84. The first-order valence-corrected chi connectivity index (χ1v) is 7.81. The van der Waals surface area contributed by atoms with Crippen LogP contribution in [0, 0.1) is 5.92 Å². The number of benzene rings is 1. The Morgan fingerprint density at radius 1 is 1.43 bits per heavy atom. The molecule has 116 valence electrons. The molecule has 0 bridgehead atoms.